The van der Waals surface area contributed by atoms with E-state index in [9.17, 15) is 13.2 Å². The number of rotatable bonds is 2. The van der Waals surface area contributed by atoms with Crippen LogP contribution in [-0.4, -0.2) is 55.2 Å². The SMILES string of the molecule is CN1CCN(Cc2cccc(C(F)(F)F)c2)CC12CCOCC2. The summed E-state index contributed by atoms with van der Waals surface area (Å²) in [7, 11) is 2.15. The maximum Gasteiger partial charge on any atom is 0.416 e. The molecule has 1 aromatic carbocycles. The molecule has 0 unspecified atom stereocenters. The highest BCUT2D eigenvalue weighted by Gasteiger charge is 2.40. The van der Waals surface area contributed by atoms with Gasteiger partial charge in [0.15, 0.2) is 0 Å². The molecule has 0 amide bonds. The summed E-state index contributed by atoms with van der Waals surface area (Å²) in [5.41, 5.74) is 0.273. The van der Waals surface area contributed by atoms with Crippen molar-refractivity contribution >= 4 is 0 Å². The topological polar surface area (TPSA) is 15.7 Å². The molecule has 0 N–H and O–H groups in total. The minimum absolute atomic E-state index is 0.109. The maximum atomic E-state index is 12.8. The summed E-state index contributed by atoms with van der Waals surface area (Å²) < 4.78 is 44.0. The quantitative estimate of drug-likeness (QED) is 0.830. The molecule has 23 heavy (non-hydrogen) atoms. The van der Waals surface area contributed by atoms with E-state index in [1.807, 2.05) is 0 Å². The molecular formula is C17H23F3N2O. The van der Waals surface area contributed by atoms with Crippen molar-refractivity contribution < 1.29 is 17.9 Å². The standard InChI is InChI=1S/C17H23F3N2O/c1-21-7-8-22(13-16(21)5-9-23-10-6-16)12-14-3-2-4-15(11-14)17(18,19)20/h2-4,11H,5-10,12-13H2,1H3. The number of piperazine rings is 1. The molecule has 0 aliphatic carbocycles. The van der Waals surface area contributed by atoms with Crippen molar-refractivity contribution in [1.29, 1.82) is 0 Å². The summed E-state index contributed by atoms with van der Waals surface area (Å²) in [6.07, 6.45) is -2.30. The zero-order valence-electron chi connectivity index (χ0n) is 13.4. The van der Waals surface area contributed by atoms with Gasteiger partial charge in [-0.05, 0) is 31.5 Å². The number of benzene rings is 1. The van der Waals surface area contributed by atoms with Crippen molar-refractivity contribution in [2.75, 3.05) is 39.9 Å². The Balaban J connectivity index is 1.71. The fourth-order valence-corrected chi connectivity index (χ4v) is 3.67. The second kappa shape index (κ2) is 6.42. The van der Waals surface area contributed by atoms with Crippen LogP contribution in [-0.2, 0) is 17.5 Å². The highest BCUT2D eigenvalue weighted by atomic mass is 19.4. The number of halogens is 3. The molecular weight excluding hydrogens is 305 g/mol. The van der Waals surface area contributed by atoms with E-state index in [0.29, 0.717) is 6.54 Å². The van der Waals surface area contributed by atoms with Crippen LogP contribution in [0.15, 0.2) is 24.3 Å². The lowest BCUT2D eigenvalue weighted by molar-refractivity contribution is -0.137. The molecule has 3 rings (SSSR count). The van der Waals surface area contributed by atoms with Gasteiger partial charge in [0, 0.05) is 44.9 Å². The van der Waals surface area contributed by atoms with E-state index in [1.54, 1.807) is 6.07 Å². The van der Waals surface area contributed by atoms with Crippen LogP contribution in [0.1, 0.15) is 24.0 Å². The van der Waals surface area contributed by atoms with Crippen LogP contribution >= 0.6 is 0 Å². The molecule has 2 fully saturated rings. The third-order valence-corrected chi connectivity index (χ3v) is 5.16. The lowest BCUT2D eigenvalue weighted by atomic mass is 9.86. The van der Waals surface area contributed by atoms with Crippen LogP contribution in [0, 0.1) is 0 Å². The van der Waals surface area contributed by atoms with Crippen LogP contribution < -0.4 is 0 Å². The third-order valence-electron chi connectivity index (χ3n) is 5.16. The van der Waals surface area contributed by atoms with Gasteiger partial charge in [-0.3, -0.25) is 9.80 Å². The Labute approximate surface area is 135 Å². The second-order valence-corrected chi connectivity index (χ2v) is 6.67. The summed E-state index contributed by atoms with van der Waals surface area (Å²) in [5, 5.41) is 0. The molecule has 2 aliphatic heterocycles. The average molecular weight is 328 g/mol. The van der Waals surface area contributed by atoms with Crippen molar-refractivity contribution in [3.8, 4) is 0 Å². The average Bonchev–Trinajstić information content (AvgIpc) is 2.52. The van der Waals surface area contributed by atoms with E-state index in [-0.39, 0.29) is 5.54 Å². The molecule has 0 saturated carbocycles. The van der Waals surface area contributed by atoms with Gasteiger partial charge in [-0.2, -0.15) is 13.2 Å². The lowest BCUT2D eigenvalue weighted by Crippen LogP contribution is -2.62. The van der Waals surface area contributed by atoms with Crippen LogP contribution in [0.3, 0.4) is 0 Å². The van der Waals surface area contributed by atoms with Crippen molar-refractivity contribution in [2.45, 2.75) is 31.1 Å². The van der Waals surface area contributed by atoms with Crippen LogP contribution in [0.5, 0.6) is 0 Å². The smallest absolute Gasteiger partial charge is 0.381 e. The minimum atomic E-state index is -4.28. The van der Waals surface area contributed by atoms with Gasteiger partial charge >= 0.3 is 6.18 Å². The van der Waals surface area contributed by atoms with Crippen LogP contribution in [0.25, 0.3) is 0 Å². The Bertz CT molecular complexity index is 541. The van der Waals surface area contributed by atoms with Gasteiger partial charge in [0.1, 0.15) is 0 Å². The fraction of sp³-hybridized carbons (Fsp3) is 0.647. The Morgan fingerprint density at radius 3 is 2.61 bits per heavy atom. The number of likely N-dealkylation sites (N-methyl/N-ethyl adjacent to an activating group) is 1. The summed E-state index contributed by atoms with van der Waals surface area (Å²) in [5.74, 6) is 0. The molecule has 6 heteroatoms. The van der Waals surface area contributed by atoms with Crippen molar-refractivity contribution in [1.82, 2.24) is 9.80 Å². The zero-order chi connectivity index (χ0) is 16.5. The number of hydrogen-bond acceptors (Lipinski definition) is 3. The molecule has 2 aliphatic rings. The monoisotopic (exact) mass is 328 g/mol. The molecule has 1 spiro atoms. The summed E-state index contributed by atoms with van der Waals surface area (Å²) in [6, 6.07) is 5.69. The first-order chi connectivity index (χ1) is 10.9. The molecule has 2 heterocycles. The maximum absolute atomic E-state index is 12.8. The van der Waals surface area contributed by atoms with Gasteiger partial charge in [0.25, 0.3) is 0 Å². The number of hydrogen-bond donors (Lipinski definition) is 0. The van der Waals surface area contributed by atoms with E-state index in [1.165, 1.54) is 12.1 Å². The second-order valence-electron chi connectivity index (χ2n) is 6.67. The van der Waals surface area contributed by atoms with E-state index < -0.39 is 11.7 Å². The molecule has 0 atom stereocenters. The fourth-order valence-electron chi connectivity index (χ4n) is 3.67. The predicted molar refractivity (Wildman–Crippen MR) is 82.1 cm³/mol. The molecule has 1 aromatic rings. The van der Waals surface area contributed by atoms with E-state index in [2.05, 4.69) is 16.8 Å². The molecule has 0 aromatic heterocycles. The summed E-state index contributed by atoms with van der Waals surface area (Å²) in [4.78, 5) is 4.68. The third kappa shape index (κ3) is 3.70. The van der Waals surface area contributed by atoms with Crippen molar-refractivity contribution in [3.05, 3.63) is 35.4 Å². The van der Waals surface area contributed by atoms with E-state index in [0.717, 1.165) is 57.3 Å². The molecule has 2 saturated heterocycles. The first kappa shape index (κ1) is 16.7. The molecule has 0 bridgehead atoms. The first-order valence-electron chi connectivity index (χ1n) is 8.07. The van der Waals surface area contributed by atoms with Gasteiger partial charge < -0.3 is 4.74 Å². The number of alkyl halides is 3. The van der Waals surface area contributed by atoms with Crippen LogP contribution in [0.4, 0.5) is 13.2 Å². The van der Waals surface area contributed by atoms with Crippen molar-refractivity contribution in [3.63, 3.8) is 0 Å². The largest absolute Gasteiger partial charge is 0.416 e. The number of ether oxygens (including phenoxy) is 1. The van der Waals surface area contributed by atoms with E-state index >= 15 is 0 Å². The highest BCUT2D eigenvalue weighted by molar-refractivity contribution is 5.25. The summed E-state index contributed by atoms with van der Waals surface area (Å²) in [6.45, 7) is 4.82. The van der Waals surface area contributed by atoms with Gasteiger partial charge in [0.05, 0.1) is 5.56 Å². The molecule has 128 valence electrons. The van der Waals surface area contributed by atoms with Gasteiger partial charge in [-0.25, -0.2) is 0 Å². The Morgan fingerprint density at radius 2 is 1.91 bits per heavy atom. The minimum Gasteiger partial charge on any atom is -0.381 e. The highest BCUT2D eigenvalue weighted by Crippen LogP contribution is 2.32. The van der Waals surface area contributed by atoms with E-state index in [4.69, 9.17) is 4.74 Å². The number of nitrogens with zero attached hydrogens (tertiary/aromatic N) is 2. The van der Waals surface area contributed by atoms with Crippen LogP contribution in [0.2, 0.25) is 0 Å². The predicted octanol–water partition coefficient (Wildman–Crippen LogP) is 3.00. The normalized spacial score (nSPS) is 23.3. The Kier molecular flexibility index (Phi) is 4.67. The first-order valence-corrected chi connectivity index (χ1v) is 8.07. The lowest BCUT2D eigenvalue weighted by Gasteiger charge is -2.51. The van der Waals surface area contributed by atoms with Gasteiger partial charge in [-0.1, -0.05) is 18.2 Å². The Hall–Kier alpha value is -1.11. The van der Waals surface area contributed by atoms with Gasteiger partial charge in [0.2, 0.25) is 0 Å². The Morgan fingerprint density at radius 1 is 1.17 bits per heavy atom. The molecule has 3 nitrogen and oxygen atoms in total. The van der Waals surface area contributed by atoms with Crippen molar-refractivity contribution in [2.24, 2.45) is 0 Å². The van der Waals surface area contributed by atoms with Gasteiger partial charge in [-0.15, -0.1) is 0 Å². The summed E-state index contributed by atoms with van der Waals surface area (Å²) >= 11 is 0. The zero-order valence-corrected chi connectivity index (χ0v) is 13.4. The molecule has 0 radical (unpaired) electrons.